The van der Waals surface area contributed by atoms with Gasteiger partial charge < -0.3 is 14.8 Å². The van der Waals surface area contributed by atoms with Crippen LogP contribution in [0.1, 0.15) is 44.7 Å². The maximum atomic E-state index is 12.1. The summed E-state index contributed by atoms with van der Waals surface area (Å²) >= 11 is 0. The fraction of sp³-hybridized carbons (Fsp3) is 0.611. The minimum atomic E-state index is -0.0183. The lowest BCUT2D eigenvalue weighted by Crippen LogP contribution is -2.32. The Morgan fingerprint density at radius 3 is 2.77 bits per heavy atom. The monoisotopic (exact) mass is 305 g/mol. The molecule has 1 unspecified atom stereocenters. The molecular formula is C18H27NO3. The lowest BCUT2D eigenvalue weighted by molar-refractivity contribution is -0.120. The molecule has 4 nitrogen and oxygen atoms in total. The van der Waals surface area contributed by atoms with Gasteiger partial charge in [-0.25, -0.2) is 0 Å². The highest BCUT2D eigenvalue weighted by Gasteiger charge is 2.20. The summed E-state index contributed by atoms with van der Waals surface area (Å²) in [5, 5.41) is 2.96. The molecule has 1 heterocycles. The van der Waals surface area contributed by atoms with E-state index in [9.17, 15) is 4.79 Å². The van der Waals surface area contributed by atoms with Gasteiger partial charge >= 0.3 is 0 Å². The first-order chi connectivity index (χ1) is 10.4. The zero-order valence-corrected chi connectivity index (χ0v) is 14.1. The van der Waals surface area contributed by atoms with E-state index < -0.39 is 0 Å². The van der Waals surface area contributed by atoms with Crippen LogP contribution in [0.3, 0.4) is 0 Å². The first-order valence-corrected chi connectivity index (χ1v) is 7.96. The van der Waals surface area contributed by atoms with Crippen molar-refractivity contribution in [3.8, 4) is 5.75 Å². The summed E-state index contributed by atoms with van der Waals surface area (Å²) in [6, 6.07) is 5.98. The van der Waals surface area contributed by atoms with E-state index in [-0.39, 0.29) is 17.4 Å². The van der Waals surface area contributed by atoms with E-state index in [2.05, 4.69) is 32.2 Å². The third kappa shape index (κ3) is 4.47. The maximum absolute atomic E-state index is 12.1. The van der Waals surface area contributed by atoms with Gasteiger partial charge in [0.2, 0.25) is 5.91 Å². The number of hydrogen-bond acceptors (Lipinski definition) is 3. The second-order valence-electron chi connectivity index (χ2n) is 6.90. The summed E-state index contributed by atoms with van der Waals surface area (Å²) in [5.74, 6) is 0.913. The molecule has 1 aliphatic rings. The van der Waals surface area contributed by atoms with Crippen LogP contribution in [0, 0.1) is 0 Å². The van der Waals surface area contributed by atoms with Crippen LogP contribution in [0.5, 0.6) is 5.75 Å². The molecule has 122 valence electrons. The van der Waals surface area contributed by atoms with Crippen LogP contribution in [-0.2, 0) is 21.4 Å². The average molecular weight is 305 g/mol. The smallest absolute Gasteiger partial charge is 0.224 e. The standard InChI is InChI=1S/C18H27NO3/c1-18(2,3)15-10-13(7-8-16(15)21-4)11-17(20)19-12-14-6-5-9-22-14/h7-8,10,14H,5-6,9,11-12H2,1-4H3,(H,19,20). The molecular weight excluding hydrogens is 278 g/mol. The Morgan fingerprint density at radius 2 is 2.18 bits per heavy atom. The average Bonchev–Trinajstić information content (AvgIpc) is 2.97. The van der Waals surface area contributed by atoms with Crippen LogP contribution in [0.2, 0.25) is 0 Å². The van der Waals surface area contributed by atoms with Crippen molar-refractivity contribution in [3.05, 3.63) is 29.3 Å². The predicted octanol–water partition coefficient (Wildman–Crippen LogP) is 2.83. The Balaban J connectivity index is 1.98. The molecule has 0 spiro atoms. The number of amides is 1. The molecule has 0 radical (unpaired) electrons. The molecule has 1 aromatic carbocycles. The molecule has 0 aliphatic carbocycles. The summed E-state index contributed by atoms with van der Waals surface area (Å²) in [4.78, 5) is 12.1. The largest absolute Gasteiger partial charge is 0.496 e. The van der Waals surface area contributed by atoms with Gasteiger partial charge in [0.05, 0.1) is 19.6 Å². The fourth-order valence-corrected chi connectivity index (χ4v) is 2.73. The summed E-state index contributed by atoms with van der Waals surface area (Å²) < 4.78 is 10.9. The normalized spacial score (nSPS) is 18.3. The molecule has 0 saturated carbocycles. The van der Waals surface area contributed by atoms with Crippen molar-refractivity contribution in [3.63, 3.8) is 0 Å². The zero-order valence-electron chi connectivity index (χ0n) is 14.1. The molecule has 1 aromatic rings. The van der Waals surface area contributed by atoms with E-state index in [4.69, 9.17) is 9.47 Å². The van der Waals surface area contributed by atoms with Crippen molar-refractivity contribution in [2.24, 2.45) is 0 Å². The summed E-state index contributed by atoms with van der Waals surface area (Å²) in [5.41, 5.74) is 2.12. The Morgan fingerprint density at radius 1 is 1.41 bits per heavy atom. The van der Waals surface area contributed by atoms with Gasteiger partial charge in [-0.15, -0.1) is 0 Å². The number of carbonyl (C=O) groups is 1. The van der Waals surface area contributed by atoms with Gasteiger partial charge in [0.1, 0.15) is 5.75 Å². The molecule has 1 atom stereocenters. The Hall–Kier alpha value is -1.55. The van der Waals surface area contributed by atoms with E-state index in [1.807, 2.05) is 12.1 Å². The minimum Gasteiger partial charge on any atom is -0.496 e. The molecule has 0 aromatic heterocycles. The Labute approximate surface area is 133 Å². The number of ether oxygens (including phenoxy) is 2. The quantitative estimate of drug-likeness (QED) is 0.910. The molecule has 1 fully saturated rings. The van der Waals surface area contributed by atoms with Gasteiger partial charge in [-0.05, 0) is 35.4 Å². The van der Waals surface area contributed by atoms with Gasteiger partial charge in [0.15, 0.2) is 0 Å². The summed E-state index contributed by atoms with van der Waals surface area (Å²) in [6.07, 6.45) is 2.70. The Kier molecular flexibility index (Phi) is 5.46. The predicted molar refractivity (Wildman–Crippen MR) is 87.4 cm³/mol. The van der Waals surface area contributed by atoms with E-state index in [0.29, 0.717) is 13.0 Å². The van der Waals surface area contributed by atoms with E-state index in [1.54, 1.807) is 7.11 Å². The van der Waals surface area contributed by atoms with Gasteiger partial charge in [-0.2, -0.15) is 0 Å². The van der Waals surface area contributed by atoms with Gasteiger partial charge in [-0.3, -0.25) is 4.79 Å². The van der Waals surface area contributed by atoms with Gasteiger partial charge in [-0.1, -0.05) is 32.9 Å². The van der Waals surface area contributed by atoms with Crippen molar-refractivity contribution in [2.45, 2.75) is 51.6 Å². The van der Waals surface area contributed by atoms with Crippen molar-refractivity contribution in [1.29, 1.82) is 0 Å². The third-order valence-corrected chi connectivity index (χ3v) is 3.99. The highest BCUT2D eigenvalue weighted by molar-refractivity contribution is 5.78. The molecule has 0 bridgehead atoms. The van der Waals surface area contributed by atoms with Crippen LogP contribution in [0.4, 0.5) is 0 Å². The van der Waals surface area contributed by atoms with E-state index in [0.717, 1.165) is 36.3 Å². The molecule has 1 aliphatic heterocycles. The number of rotatable bonds is 5. The number of hydrogen-bond donors (Lipinski definition) is 1. The van der Waals surface area contributed by atoms with Crippen LogP contribution >= 0.6 is 0 Å². The van der Waals surface area contributed by atoms with Crippen LogP contribution in [-0.4, -0.2) is 32.3 Å². The minimum absolute atomic E-state index is 0.0183. The van der Waals surface area contributed by atoms with Crippen LogP contribution in [0.25, 0.3) is 0 Å². The molecule has 2 rings (SSSR count). The third-order valence-electron chi connectivity index (χ3n) is 3.99. The highest BCUT2D eigenvalue weighted by atomic mass is 16.5. The van der Waals surface area contributed by atoms with E-state index in [1.165, 1.54) is 0 Å². The summed E-state index contributed by atoms with van der Waals surface area (Å²) in [6.45, 7) is 7.86. The summed E-state index contributed by atoms with van der Waals surface area (Å²) in [7, 11) is 1.68. The molecule has 1 saturated heterocycles. The second kappa shape index (κ2) is 7.14. The number of nitrogens with one attached hydrogen (secondary N) is 1. The van der Waals surface area contributed by atoms with Crippen LogP contribution < -0.4 is 10.1 Å². The molecule has 22 heavy (non-hydrogen) atoms. The van der Waals surface area contributed by atoms with Crippen molar-refractivity contribution >= 4 is 5.91 Å². The highest BCUT2D eigenvalue weighted by Crippen LogP contribution is 2.32. The number of carbonyl (C=O) groups excluding carboxylic acids is 1. The lowest BCUT2D eigenvalue weighted by atomic mass is 9.85. The maximum Gasteiger partial charge on any atom is 0.224 e. The molecule has 1 amide bonds. The molecule has 4 heteroatoms. The zero-order chi connectivity index (χ0) is 16.2. The number of benzene rings is 1. The second-order valence-corrected chi connectivity index (χ2v) is 6.90. The first-order valence-electron chi connectivity index (χ1n) is 7.96. The van der Waals surface area contributed by atoms with Crippen molar-refractivity contribution < 1.29 is 14.3 Å². The fourth-order valence-electron chi connectivity index (χ4n) is 2.73. The van der Waals surface area contributed by atoms with Crippen molar-refractivity contribution in [1.82, 2.24) is 5.32 Å². The Bertz CT molecular complexity index is 514. The van der Waals surface area contributed by atoms with Crippen molar-refractivity contribution in [2.75, 3.05) is 20.3 Å². The topological polar surface area (TPSA) is 47.6 Å². The first kappa shape index (κ1) is 16.8. The lowest BCUT2D eigenvalue weighted by Gasteiger charge is -2.23. The SMILES string of the molecule is COc1ccc(CC(=O)NCC2CCCO2)cc1C(C)(C)C. The van der Waals surface area contributed by atoms with Crippen LogP contribution in [0.15, 0.2) is 18.2 Å². The van der Waals surface area contributed by atoms with E-state index >= 15 is 0 Å². The number of methoxy groups -OCH3 is 1. The van der Waals surface area contributed by atoms with Gasteiger partial charge in [0.25, 0.3) is 0 Å². The molecule has 1 N–H and O–H groups in total. The van der Waals surface area contributed by atoms with Gasteiger partial charge in [0, 0.05) is 13.2 Å².